The average molecular weight is 250 g/mol. The topological polar surface area (TPSA) is 72.9 Å². The molecule has 0 unspecified atom stereocenters. The SMILES string of the molecule is Cc1cnc(CNC(=O)c2cc(N)cn2C)s1. The van der Waals surface area contributed by atoms with Crippen molar-refractivity contribution in [3.05, 3.63) is 34.0 Å². The molecule has 2 rings (SSSR count). The number of rotatable bonds is 3. The molecule has 2 aromatic heterocycles. The molecular weight excluding hydrogens is 236 g/mol. The first-order chi connectivity index (χ1) is 8.06. The van der Waals surface area contributed by atoms with Crippen molar-refractivity contribution in [2.24, 2.45) is 7.05 Å². The number of carbonyl (C=O) groups is 1. The number of anilines is 1. The fourth-order valence-corrected chi connectivity index (χ4v) is 2.27. The van der Waals surface area contributed by atoms with Crippen LogP contribution in [0.15, 0.2) is 18.5 Å². The Kier molecular flexibility index (Phi) is 3.14. The molecule has 0 saturated carbocycles. The number of aryl methyl sites for hydroxylation is 2. The Morgan fingerprint density at radius 3 is 2.94 bits per heavy atom. The van der Waals surface area contributed by atoms with Crippen LogP contribution in [0.4, 0.5) is 5.69 Å². The van der Waals surface area contributed by atoms with Crippen LogP contribution in [-0.4, -0.2) is 15.5 Å². The van der Waals surface area contributed by atoms with Crippen LogP contribution >= 0.6 is 11.3 Å². The molecule has 0 aliphatic heterocycles. The minimum absolute atomic E-state index is 0.142. The number of nitrogens with zero attached hydrogens (tertiary/aromatic N) is 2. The molecule has 0 spiro atoms. The van der Waals surface area contributed by atoms with Gasteiger partial charge in [-0.2, -0.15) is 0 Å². The normalized spacial score (nSPS) is 10.5. The number of amides is 1. The number of aromatic nitrogens is 2. The lowest BCUT2D eigenvalue weighted by Gasteiger charge is -2.03. The predicted octanol–water partition coefficient (Wildman–Crippen LogP) is 1.30. The van der Waals surface area contributed by atoms with E-state index in [9.17, 15) is 4.79 Å². The Labute approximate surface area is 103 Å². The van der Waals surface area contributed by atoms with Crippen molar-refractivity contribution < 1.29 is 4.79 Å². The number of carbonyl (C=O) groups excluding carboxylic acids is 1. The van der Waals surface area contributed by atoms with Gasteiger partial charge in [0.05, 0.1) is 12.2 Å². The van der Waals surface area contributed by atoms with Crippen LogP contribution in [0.5, 0.6) is 0 Å². The molecule has 0 aliphatic rings. The largest absolute Gasteiger partial charge is 0.397 e. The van der Waals surface area contributed by atoms with Gasteiger partial charge in [-0.05, 0) is 13.0 Å². The number of hydrogen-bond donors (Lipinski definition) is 2. The van der Waals surface area contributed by atoms with Gasteiger partial charge in [-0.1, -0.05) is 0 Å². The summed E-state index contributed by atoms with van der Waals surface area (Å²) in [5.74, 6) is -0.142. The summed E-state index contributed by atoms with van der Waals surface area (Å²) in [6.07, 6.45) is 3.51. The minimum atomic E-state index is -0.142. The summed E-state index contributed by atoms with van der Waals surface area (Å²) in [5, 5.41) is 3.72. The van der Waals surface area contributed by atoms with E-state index in [4.69, 9.17) is 5.73 Å². The maximum atomic E-state index is 11.8. The third kappa shape index (κ3) is 2.65. The molecule has 0 aromatic carbocycles. The van der Waals surface area contributed by atoms with Gasteiger partial charge in [0.25, 0.3) is 5.91 Å². The Hall–Kier alpha value is -1.82. The minimum Gasteiger partial charge on any atom is -0.397 e. The molecule has 2 heterocycles. The monoisotopic (exact) mass is 250 g/mol. The fourth-order valence-electron chi connectivity index (χ4n) is 1.55. The van der Waals surface area contributed by atoms with Gasteiger partial charge in [-0.25, -0.2) is 4.98 Å². The maximum absolute atomic E-state index is 11.8. The third-order valence-corrected chi connectivity index (χ3v) is 3.24. The highest BCUT2D eigenvalue weighted by molar-refractivity contribution is 7.11. The summed E-state index contributed by atoms with van der Waals surface area (Å²) in [6, 6.07) is 1.66. The van der Waals surface area contributed by atoms with E-state index < -0.39 is 0 Å². The lowest BCUT2D eigenvalue weighted by molar-refractivity contribution is 0.0943. The van der Waals surface area contributed by atoms with Gasteiger partial charge >= 0.3 is 0 Å². The molecule has 1 amide bonds. The highest BCUT2D eigenvalue weighted by atomic mass is 32.1. The van der Waals surface area contributed by atoms with E-state index in [1.54, 1.807) is 41.4 Å². The van der Waals surface area contributed by atoms with Crippen LogP contribution in [0.25, 0.3) is 0 Å². The summed E-state index contributed by atoms with van der Waals surface area (Å²) in [4.78, 5) is 17.2. The maximum Gasteiger partial charge on any atom is 0.268 e. The number of hydrogen-bond acceptors (Lipinski definition) is 4. The molecule has 2 aromatic rings. The van der Waals surface area contributed by atoms with Crippen LogP contribution in [0, 0.1) is 6.92 Å². The van der Waals surface area contributed by atoms with E-state index >= 15 is 0 Å². The zero-order valence-corrected chi connectivity index (χ0v) is 10.5. The molecule has 0 bridgehead atoms. The van der Waals surface area contributed by atoms with Crippen molar-refractivity contribution in [2.45, 2.75) is 13.5 Å². The number of nitrogen functional groups attached to an aromatic ring is 1. The van der Waals surface area contributed by atoms with Gasteiger partial charge in [0, 0.05) is 24.3 Å². The summed E-state index contributed by atoms with van der Waals surface area (Å²) >= 11 is 1.58. The molecule has 3 N–H and O–H groups in total. The van der Waals surface area contributed by atoms with Crippen molar-refractivity contribution in [3.63, 3.8) is 0 Å². The van der Waals surface area contributed by atoms with Crippen molar-refractivity contribution in [1.29, 1.82) is 0 Å². The van der Waals surface area contributed by atoms with Crippen molar-refractivity contribution in [3.8, 4) is 0 Å². The lowest BCUT2D eigenvalue weighted by Crippen LogP contribution is -2.24. The van der Waals surface area contributed by atoms with Crippen molar-refractivity contribution in [1.82, 2.24) is 14.9 Å². The second kappa shape index (κ2) is 4.58. The Morgan fingerprint density at radius 1 is 1.65 bits per heavy atom. The summed E-state index contributed by atoms with van der Waals surface area (Å²) in [7, 11) is 1.79. The molecule has 6 heteroatoms. The fraction of sp³-hybridized carbons (Fsp3) is 0.273. The van der Waals surface area contributed by atoms with Gasteiger partial charge in [0.15, 0.2) is 0 Å². The number of thiazole rings is 1. The van der Waals surface area contributed by atoms with E-state index in [0.29, 0.717) is 17.9 Å². The molecule has 90 valence electrons. The van der Waals surface area contributed by atoms with E-state index in [-0.39, 0.29) is 5.91 Å². The third-order valence-electron chi connectivity index (χ3n) is 2.33. The Morgan fingerprint density at radius 2 is 2.41 bits per heavy atom. The second-order valence-electron chi connectivity index (χ2n) is 3.82. The summed E-state index contributed by atoms with van der Waals surface area (Å²) in [5.41, 5.74) is 6.75. The van der Waals surface area contributed by atoms with Gasteiger partial charge < -0.3 is 15.6 Å². The highest BCUT2D eigenvalue weighted by Gasteiger charge is 2.10. The van der Waals surface area contributed by atoms with Crippen molar-refractivity contribution in [2.75, 3.05) is 5.73 Å². The van der Waals surface area contributed by atoms with E-state index in [1.165, 1.54) is 0 Å². The van der Waals surface area contributed by atoms with Gasteiger partial charge in [-0.3, -0.25) is 4.79 Å². The zero-order valence-electron chi connectivity index (χ0n) is 9.73. The van der Waals surface area contributed by atoms with Gasteiger partial charge in [0.1, 0.15) is 10.7 Å². The summed E-state index contributed by atoms with van der Waals surface area (Å²) in [6.45, 7) is 2.43. The molecule has 5 nitrogen and oxygen atoms in total. The number of nitrogens with one attached hydrogen (secondary N) is 1. The first-order valence-corrected chi connectivity index (χ1v) is 5.99. The van der Waals surface area contributed by atoms with Crippen molar-refractivity contribution >= 4 is 22.9 Å². The van der Waals surface area contributed by atoms with Gasteiger partial charge in [0.2, 0.25) is 0 Å². The smallest absolute Gasteiger partial charge is 0.268 e. The Balaban J connectivity index is 2.00. The van der Waals surface area contributed by atoms with Crippen LogP contribution in [0.1, 0.15) is 20.4 Å². The van der Waals surface area contributed by atoms with Crippen LogP contribution in [-0.2, 0) is 13.6 Å². The standard InChI is InChI=1S/C11H14N4OS/c1-7-4-13-10(17-7)5-14-11(16)9-3-8(12)6-15(9)2/h3-4,6H,5,12H2,1-2H3,(H,14,16). The zero-order chi connectivity index (χ0) is 12.4. The van der Waals surface area contributed by atoms with Crippen LogP contribution < -0.4 is 11.1 Å². The van der Waals surface area contributed by atoms with E-state index in [1.807, 2.05) is 6.92 Å². The van der Waals surface area contributed by atoms with Crippen LogP contribution in [0.3, 0.4) is 0 Å². The first-order valence-electron chi connectivity index (χ1n) is 5.17. The molecule has 0 saturated heterocycles. The molecule has 17 heavy (non-hydrogen) atoms. The number of nitrogens with two attached hydrogens (primary N) is 1. The van der Waals surface area contributed by atoms with Crippen LogP contribution in [0.2, 0.25) is 0 Å². The molecule has 0 radical (unpaired) electrons. The van der Waals surface area contributed by atoms with E-state index in [0.717, 1.165) is 9.88 Å². The highest BCUT2D eigenvalue weighted by Crippen LogP contribution is 2.12. The van der Waals surface area contributed by atoms with E-state index in [2.05, 4.69) is 10.3 Å². The summed E-state index contributed by atoms with van der Waals surface area (Å²) < 4.78 is 1.71. The molecule has 0 atom stereocenters. The first kappa shape index (κ1) is 11.7. The quantitative estimate of drug-likeness (QED) is 0.862. The van der Waals surface area contributed by atoms with Gasteiger partial charge in [-0.15, -0.1) is 11.3 Å². The molecular formula is C11H14N4OS. The molecule has 0 fully saturated rings. The second-order valence-corrected chi connectivity index (χ2v) is 5.14. The molecule has 0 aliphatic carbocycles. The predicted molar refractivity (Wildman–Crippen MR) is 67.8 cm³/mol. The Bertz CT molecular complexity index is 543. The lowest BCUT2D eigenvalue weighted by atomic mass is 10.4. The average Bonchev–Trinajstić information content (AvgIpc) is 2.81.